The molecule has 0 spiro atoms. The number of nitrogens with one attached hydrogen (secondary N) is 1. The summed E-state index contributed by atoms with van der Waals surface area (Å²) in [6.07, 6.45) is 2.01. The van der Waals surface area contributed by atoms with E-state index in [1.54, 1.807) is 6.20 Å². The summed E-state index contributed by atoms with van der Waals surface area (Å²) >= 11 is 0. The lowest BCUT2D eigenvalue weighted by molar-refractivity contribution is -0.122. The minimum Gasteiger partial charge on any atom is -0.394 e. The van der Waals surface area contributed by atoms with E-state index in [9.17, 15) is 18.7 Å². The molecule has 0 radical (unpaired) electrons. The summed E-state index contributed by atoms with van der Waals surface area (Å²) in [7, 11) is 0. The largest absolute Gasteiger partial charge is 0.394 e. The quantitative estimate of drug-likeness (QED) is 0.541. The first kappa shape index (κ1) is 29.0. The van der Waals surface area contributed by atoms with E-state index in [0.29, 0.717) is 31.0 Å². The van der Waals surface area contributed by atoms with Gasteiger partial charge in [0.05, 0.1) is 37.6 Å². The number of ether oxygens (including phenoxy) is 1. The van der Waals surface area contributed by atoms with Crippen molar-refractivity contribution in [1.82, 2.24) is 20.1 Å². The topological polar surface area (TPSA) is 81.2 Å². The summed E-state index contributed by atoms with van der Waals surface area (Å²) in [6.45, 7) is 13.3. The van der Waals surface area contributed by atoms with Crippen LogP contribution >= 0.6 is 0 Å². The Morgan fingerprint density at radius 1 is 1.25 bits per heavy atom. The van der Waals surface area contributed by atoms with Crippen molar-refractivity contribution >= 4 is 11.6 Å². The first-order chi connectivity index (χ1) is 19.0. The number of piperazine rings is 1. The fraction of sp³-hybridized carbons (Fsp3) is 0.600. The summed E-state index contributed by atoms with van der Waals surface area (Å²) in [5.41, 5.74) is 2.07. The van der Waals surface area contributed by atoms with Gasteiger partial charge in [0.25, 0.3) is 0 Å². The third-order valence-electron chi connectivity index (χ3n) is 8.72. The number of nitrogens with zero attached hydrogens (tertiary/aromatic N) is 4. The minimum absolute atomic E-state index is 0.0142. The Bertz CT molecular complexity index is 1240. The second kappa shape index (κ2) is 11.4. The van der Waals surface area contributed by atoms with Crippen molar-refractivity contribution in [2.45, 2.75) is 57.2 Å². The van der Waals surface area contributed by atoms with Gasteiger partial charge in [-0.25, -0.2) is 8.78 Å². The number of hydrogen-bond acceptors (Lipinski definition) is 7. The molecule has 40 heavy (non-hydrogen) atoms. The predicted octanol–water partition coefficient (Wildman–Crippen LogP) is 2.32. The fourth-order valence-corrected chi connectivity index (χ4v) is 6.18. The van der Waals surface area contributed by atoms with Gasteiger partial charge >= 0.3 is 0 Å². The number of halogens is 2. The van der Waals surface area contributed by atoms with Crippen LogP contribution in [0.5, 0.6) is 0 Å². The highest BCUT2D eigenvalue weighted by molar-refractivity contribution is 5.97. The molecule has 0 bridgehead atoms. The van der Waals surface area contributed by atoms with E-state index in [-0.39, 0.29) is 43.0 Å². The Morgan fingerprint density at radius 3 is 2.80 bits per heavy atom. The highest BCUT2D eigenvalue weighted by atomic mass is 19.1. The number of anilines is 1. The number of pyridine rings is 1. The van der Waals surface area contributed by atoms with Gasteiger partial charge in [-0.3, -0.25) is 19.6 Å². The lowest BCUT2D eigenvalue weighted by Gasteiger charge is -2.48. The zero-order valence-electron chi connectivity index (χ0n) is 23.9. The van der Waals surface area contributed by atoms with E-state index in [1.165, 1.54) is 12.1 Å². The molecule has 10 heteroatoms. The molecule has 4 heterocycles. The molecule has 2 fully saturated rings. The number of aliphatic hydroxyl groups is 1. The van der Waals surface area contributed by atoms with E-state index < -0.39 is 17.2 Å². The van der Waals surface area contributed by atoms with Crippen LogP contribution in [0.1, 0.15) is 44.5 Å². The number of hydrogen-bond donors (Lipinski definition) is 2. The van der Waals surface area contributed by atoms with E-state index in [2.05, 4.69) is 40.9 Å². The standard InChI is InChI=1S/C30H41F2N5O3/c1-20-14-35(24(12-33-20)15-36-7-8-40-19-30(36,4)18-38)16-28(39)37-17-29(2,3)25-13-34-23(11-27(25)37)9-21-5-6-22(31)10-26(21)32/h5-6,10-11,13,20,24,33,38H,7-9,12,14-19H2,1-4H3/t20-,24-,30+/m1/s1. The summed E-state index contributed by atoms with van der Waals surface area (Å²) in [5.74, 6) is -1.20. The molecule has 218 valence electrons. The maximum atomic E-state index is 14.3. The Balaban J connectivity index is 1.35. The van der Waals surface area contributed by atoms with Crippen molar-refractivity contribution in [2.75, 3.05) is 64.0 Å². The summed E-state index contributed by atoms with van der Waals surface area (Å²) in [4.78, 5) is 24.9. The molecule has 0 saturated carbocycles. The smallest absolute Gasteiger partial charge is 0.241 e. The van der Waals surface area contributed by atoms with Crippen LogP contribution in [0.15, 0.2) is 30.5 Å². The van der Waals surface area contributed by atoms with Crippen molar-refractivity contribution in [1.29, 1.82) is 0 Å². The fourth-order valence-electron chi connectivity index (χ4n) is 6.18. The molecule has 3 atom stereocenters. The van der Waals surface area contributed by atoms with Crippen molar-refractivity contribution in [3.63, 3.8) is 0 Å². The average molecular weight is 558 g/mol. The zero-order valence-corrected chi connectivity index (χ0v) is 23.9. The van der Waals surface area contributed by atoms with E-state index in [1.807, 2.05) is 17.9 Å². The number of aromatic nitrogens is 1. The van der Waals surface area contributed by atoms with Crippen LogP contribution in [0.25, 0.3) is 0 Å². The molecule has 0 unspecified atom stereocenters. The van der Waals surface area contributed by atoms with Crippen molar-refractivity contribution in [2.24, 2.45) is 0 Å². The van der Waals surface area contributed by atoms with E-state index >= 15 is 0 Å². The molecule has 3 aliphatic heterocycles. The van der Waals surface area contributed by atoms with Crippen LogP contribution in [-0.4, -0.2) is 103 Å². The van der Waals surface area contributed by atoms with E-state index in [4.69, 9.17) is 4.74 Å². The molecule has 2 aromatic rings. The van der Waals surface area contributed by atoms with Crippen LogP contribution in [0.2, 0.25) is 0 Å². The Kier molecular flexibility index (Phi) is 8.27. The van der Waals surface area contributed by atoms with Crippen LogP contribution in [0, 0.1) is 11.6 Å². The van der Waals surface area contributed by atoms with Gasteiger partial charge in [-0.15, -0.1) is 0 Å². The maximum Gasteiger partial charge on any atom is 0.241 e. The second-order valence-corrected chi connectivity index (χ2v) is 12.5. The first-order valence-electron chi connectivity index (χ1n) is 14.1. The van der Waals surface area contributed by atoms with Crippen LogP contribution in [-0.2, 0) is 21.4 Å². The molecule has 0 aliphatic carbocycles. The number of rotatable bonds is 7. The monoisotopic (exact) mass is 557 g/mol. The van der Waals surface area contributed by atoms with Crippen molar-refractivity contribution in [3.8, 4) is 0 Å². The lowest BCUT2D eigenvalue weighted by Crippen LogP contribution is -2.65. The summed E-state index contributed by atoms with van der Waals surface area (Å²) in [6, 6.07) is 5.80. The molecule has 1 aromatic carbocycles. The highest BCUT2D eigenvalue weighted by Crippen LogP contribution is 2.40. The van der Waals surface area contributed by atoms with E-state index in [0.717, 1.165) is 43.5 Å². The lowest BCUT2D eigenvalue weighted by atomic mass is 9.88. The molecule has 2 saturated heterocycles. The molecule has 2 N–H and O–H groups in total. The van der Waals surface area contributed by atoms with Gasteiger partial charge in [-0.1, -0.05) is 19.9 Å². The third kappa shape index (κ3) is 5.92. The number of fused-ring (bicyclic) bond motifs is 1. The maximum absolute atomic E-state index is 14.3. The first-order valence-corrected chi connectivity index (χ1v) is 14.1. The van der Waals surface area contributed by atoms with Gasteiger partial charge in [0.1, 0.15) is 11.6 Å². The SMILES string of the molecule is C[C@@H]1CN(CC(=O)N2CC(C)(C)c3cnc(Cc4ccc(F)cc4F)cc32)[C@@H](CN2CCOC[C@]2(C)CO)CN1. The Morgan fingerprint density at radius 2 is 2.05 bits per heavy atom. The molecule has 5 rings (SSSR count). The number of carbonyl (C=O) groups is 1. The number of morpholine rings is 1. The highest BCUT2D eigenvalue weighted by Gasteiger charge is 2.41. The van der Waals surface area contributed by atoms with Gasteiger partial charge in [0.15, 0.2) is 0 Å². The van der Waals surface area contributed by atoms with Crippen LogP contribution < -0.4 is 10.2 Å². The number of benzene rings is 1. The predicted molar refractivity (Wildman–Crippen MR) is 149 cm³/mol. The molecular weight excluding hydrogens is 516 g/mol. The van der Waals surface area contributed by atoms with Gasteiger partial charge in [-0.2, -0.15) is 0 Å². The third-order valence-corrected chi connectivity index (χ3v) is 8.72. The number of amides is 1. The molecular formula is C30H41F2N5O3. The van der Waals surface area contributed by atoms with Crippen molar-refractivity contribution < 1.29 is 23.4 Å². The number of aliphatic hydroxyl groups excluding tert-OH is 1. The Labute approximate surface area is 235 Å². The van der Waals surface area contributed by atoms with Gasteiger partial charge in [0, 0.05) is 80.2 Å². The second-order valence-electron chi connectivity index (χ2n) is 12.5. The molecule has 1 aromatic heterocycles. The van der Waals surface area contributed by atoms with Gasteiger partial charge in [0.2, 0.25) is 5.91 Å². The zero-order chi connectivity index (χ0) is 28.7. The molecule has 3 aliphatic rings. The normalized spacial score (nSPS) is 27.1. The van der Waals surface area contributed by atoms with Gasteiger partial charge < -0.3 is 20.1 Å². The Hall–Kier alpha value is -2.50. The molecule has 8 nitrogen and oxygen atoms in total. The van der Waals surface area contributed by atoms with Gasteiger partial charge in [-0.05, 0) is 31.5 Å². The number of carbonyl (C=O) groups excluding carboxylic acids is 1. The van der Waals surface area contributed by atoms with Crippen LogP contribution in [0.3, 0.4) is 0 Å². The van der Waals surface area contributed by atoms with Crippen LogP contribution in [0.4, 0.5) is 14.5 Å². The minimum atomic E-state index is -0.614. The summed E-state index contributed by atoms with van der Waals surface area (Å²) in [5, 5.41) is 13.6. The van der Waals surface area contributed by atoms with Crippen molar-refractivity contribution in [3.05, 3.63) is 58.9 Å². The molecule has 1 amide bonds. The summed E-state index contributed by atoms with van der Waals surface area (Å²) < 4.78 is 33.4. The average Bonchev–Trinajstić information content (AvgIpc) is 3.18.